The average molecular weight is 488 g/mol. The van der Waals surface area contributed by atoms with Gasteiger partial charge >= 0.3 is 0 Å². The Kier molecular flexibility index (Phi) is 5.76. The molecule has 0 unspecified atom stereocenters. The van der Waals surface area contributed by atoms with Crippen molar-refractivity contribution >= 4 is 46.5 Å². The molecule has 1 spiro atoms. The minimum absolute atomic E-state index is 0.133. The lowest BCUT2D eigenvalue weighted by Crippen LogP contribution is -2.51. The van der Waals surface area contributed by atoms with Gasteiger partial charge in [-0.25, -0.2) is 0 Å². The van der Waals surface area contributed by atoms with Crippen LogP contribution in [0.4, 0.5) is 17.1 Å². The molecule has 0 aromatic heterocycles. The zero-order valence-electron chi connectivity index (χ0n) is 19.7. The largest absolute Gasteiger partial charge is 0.497 e. The second kappa shape index (κ2) is 8.78. The number of amides is 3. The molecule has 3 amide bonds. The number of hydrogen-bond acceptors (Lipinski definition) is 5. The number of fused-ring (bicyclic) bond motifs is 2. The number of methoxy groups -OCH3 is 1. The standard InChI is InChI=1S/C27H25N3O4S/c1-17-11-18(2)13-20(12-17)30-25(32)16-35-27(30)22-9-4-5-10-23(22)29(26(27)33)15-24(31)28-19-7-6-8-21(14-19)34-3/h4-14H,15-16H2,1-3H3,(H,28,31)/t27-/m1/s1. The van der Waals surface area contributed by atoms with Gasteiger partial charge in [0.1, 0.15) is 12.3 Å². The number of aryl methyl sites for hydroxylation is 2. The highest BCUT2D eigenvalue weighted by Gasteiger charge is 2.61. The van der Waals surface area contributed by atoms with Crippen molar-refractivity contribution in [3.63, 3.8) is 0 Å². The number of carbonyl (C=O) groups is 3. The fourth-order valence-electron chi connectivity index (χ4n) is 4.84. The van der Waals surface area contributed by atoms with Crippen molar-refractivity contribution in [2.24, 2.45) is 0 Å². The van der Waals surface area contributed by atoms with Gasteiger partial charge in [0.15, 0.2) is 0 Å². The van der Waals surface area contributed by atoms with Crippen LogP contribution in [0.2, 0.25) is 0 Å². The van der Waals surface area contributed by atoms with E-state index in [2.05, 4.69) is 5.32 Å². The molecule has 35 heavy (non-hydrogen) atoms. The van der Waals surface area contributed by atoms with E-state index in [-0.39, 0.29) is 30.0 Å². The Labute approximate surface area is 208 Å². The summed E-state index contributed by atoms with van der Waals surface area (Å²) in [7, 11) is 1.56. The second-order valence-corrected chi connectivity index (χ2v) is 9.86. The monoisotopic (exact) mass is 487 g/mol. The number of rotatable bonds is 5. The molecule has 0 radical (unpaired) electrons. The minimum atomic E-state index is -1.25. The number of nitrogens with one attached hydrogen (secondary N) is 1. The molecule has 178 valence electrons. The van der Waals surface area contributed by atoms with Gasteiger partial charge in [-0.2, -0.15) is 0 Å². The molecule has 2 aliphatic rings. The quantitative estimate of drug-likeness (QED) is 0.583. The lowest BCUT2D eigenvalue weighted by Gasteiger charge is -2.33. The average Bonchev–Trinajstić information content (AvgIpc) is 3.29. The molecule has 2 aliphatic heterocycles. The van der Waals surface area contributed by atoms with E-state index < -0.39 is 4.87 Å². The van der Waals surface area contributed by atoms with Crippen LogP contribution in [0, 0.1) is 13.8 Å². The Hall–Kier alpha value is -3.78. The highest BCUT2D eigenvalue weighted by Crippen LogP contribution is 2.55. The van der Waals surface area contributed by atoms with Gasteiger partial charge in [-0.1, -0.05) is 30.3 Å². The van der Waals surface area contributed by atoms with Crippen LogP contribution in [0.25, 0.3) is 0 Å². The molecule has 1 N–H and O–H groups in total. The summed E-state index contributed by atoms with van der Waals surface area (Å²) in [4.78, 5) is 42.1. The van der Waals surface area contributed by atoms with Crippen molar-refractivity contribution in [1.82, 2.24) is 0 Å². The van der Waals surface area contributed by atoms with Crippen LogP contribution in [0.5, 0.6) is 5.75 Å². The van der Waals surface area contributed by atoms with Gasteiger partial charge < -0.3 is 10.1 Å². The van der Waals surface area contributed by atoms with Gasteiger partial charge in [0, 0.05) is 23.0 Å². The zero-order valence-corrected chi connectivity index (χ0v) is 20.5. The van der Waals surface area contributed by atoms with E-state index in [0.717, 1.165) is 11.1 Å². The van der Waals surface area contributed by atoms with Crippen molar-refractivity contribution in [2.45, 2.75) is 18.7 Å². The summed E-state index contributed by atoms with van der Waals surface area (Å²) in [6, 6.07) is 20.3. The number of thioether (sulfide) groups is 1. The van der Waals surface area contributed by atoms with Crippen LogP contribution in [0.1, 0.15) is 16.7 Å². The third-order valence-electron chi connectivity index (χ3n) is 6.18. The van der Waals surface area contributed by atoms with E-state index in [4.69, 9.17) is 4.74 Å². The first kappa shape index (κ1) is 23.0. The molecule has 3 aromatic carbocycles. The highest BCUT2D eigenvalue weighted by atomic mass is 32.2. The molecule has 1 fully saturated rings. The lowest BCUT2D eigenvalue weighted by molar-refractivity contribution is -0.124. The summed E-state index contributed by atoms with van der Waals surface area (Å²) in [5.74, 6) is 0.0251. The molecule has 2 heterocycles. The van der Waals surface area contributed by atoms with Crippen LogP contribution in [0.3, 0.4) is 0 Å². The molecule has 8 heteroatoms. The van der Waals surface area contributed by atoms with Crippen molar-refractivity contribution < 1.29 is 19.1 Å². The fraction of sp³-hybridized carbons (Fsp3) is 0.222. The van der Waals surface area contributed by atoms with Crippen molar-refractivity contribution in [3.8, 4) is 5.75 Å². The van der Waals surface area contributed by atoms with Gasteiger partial charge in [0.2, 0.25) is 16.7 Å². The van der Waals surface area contributed by atoms with Gasteiger partial charge in [-0.15, -0.1) is 11.8 Å². The maximum absolute atomic E-state index is 14.1. The van der Waals surface area contributed by atoms with Crippen LogP contribution in [0.15, 0.2) is 66.7 Å². The summed E-state index contributed by atoms with van der Waals surface area (Å²) >= 11 is 1.30. The first-order valence-corrected chi connectivity index (χ1v) is 12.2. The molecule has 3 aromatic rings. The maximum Gasteiger partial charge on any atom is 0.269 e. The predicted molar refractivity (Wildman–Crippen MR) is 138 cm³/mol. The number of anilines is 3. The number of hydrogen-bond donors (Lipinski definition) is 1. The Morgan fingerprint density at radius 1 is 1.03 bits per heavy atom. The van der Waals surface area contributed by atoms with Crippen LogP contribution >= 0.6 is 11.8 Å². The van der Waals surface area contributed by atoms with Crippen LogP contribution in [-0.2, 0) is 19.3 Å². The van der Waals surface area contributed by atoms with Gasteiger partial charge in [0.25, 0.3) is 5.91 Å². The highest BCUT2D eigenvalue weighted by molar-refractivity contribution is 8.02. The Balaban J connectivity index is 1.51. The topological polar surface area (TPSA) is 79.0 Å². The first-order chi connectivity index (χ1) is 16.8. The van der Waals surface area contributed by atoms with E-state index in [1.165, 1.54) is 16.7 Å². The SMILES string of the molecule is COc1cccc(NC(=O)CN2C(=O)[C@]3(SCC(=O)N3c3cc(C)cc(C)c3)c3ccccc32)c1. The number of benzene rings is 3. The van der Waals surface area contributed by atoms with Gasteiger partial charge in [-0.3, -0.25) is 24.2 Å². The normalized spacial score (nSPS) is 18.8. The van der Waals surface area contributed by atoms with E-state index in [1.807, 2.05) is 56.3 Å². The molecule has 1 saturated heterocycles. The summed E-state index contributed by atoms with van der Waals surface area (Å²) in [5.41, 5.74) is 4.62. The molecular formula is C27H25N3O4S. The van der Waals surface area contributed by atoms with Crippen LogP contribution < -0.4 is 19.9 Å². The Morgan fingerprint density at radius 2 is 1.77 bits per heavy atom. The van der Waals surface area contributed by atoms with Gasteiger partial charge in [-0.05, 0) is 55.3 Å². The molecule has 5 rings (SSSR count). The molecule has 7 nitrogen and oxygen atoms in total. The molecule has 0 saturated carbocycles. The third-order valence-corrected chi connectivity index (χ3v) is 7.57. The second-order valence-electron chi connectivity index (χ2n) is 8.70. The Bertz CT molecular complexity index is 1340. The minimum Gasteiger partial charge on any atom is -0.497 e. The van der Waals surface area contributed by atoms with E-state index in [9.17, 15) is 14.4 Å². The van der Waals surface area contributed by atoms with E-state index >= 15 is 0 Å². The van der Waals surface area contributed by atoms with Crippen molar-refractivity contribution in [1.29, 1.82) is 0 Å². The van der Waals surface area contributed by atoms with Gasteiger partial charge in [0.05, 0.1) is 18.6 Å². The number of para-hydroxylation sites is 1. The number of ether oxygens (including phenoxy) is 1. The van der Waals surface area contributed by atoms with Crippen LogP contribution in [-0.4, -0.2) is 37.1 Å². The van der Waals surface area contributed by atoms with Crippen molar-refractivity contribution in [3.05, 3.63) is 83.4 Å². The first-order valence-electron chi connectivity index (χ1n) is 11.2. The van der Waals surface area contributed by atoms with E-state index in [0.29, 0.717) is 28.4 Å². The zero-order chi connectivity index (χ0) is 24.7. The molecule has 0 bridgehead atoms. The smallest absolute Gasteiger partial charge is 0.269 e. The number of nitrogens with zero attached hydrogens (tertiary/aromatic N) is 2. The molecular weight excluding hydrogens is 462 g/mol. The fourth-order valence-corrected chi connectivity index (χ4v) is 6.20. The summed E-state index contributed by atoms with van der Waals surface area (Å²) in [6.45, 7) is 3.76. The summed E-state index contributed by atoms with van der Waals surface area (Å²) < 4.78 is 5.22. The molecule has 0 aliphatic carbocycles. The summed E-state index contributed by atoms with van der Waals surface area (Å²) in [5, 5.41) is 2.84. The Morgan fingerprint density at radius 3 is 2.51 bits per heavy atom. The summed E-state index contributed by atoms with van der Waals surface area (Å²) in [6.07, 6.45) is 0. The predicted octanol–water partition coefficient (Wildman–Crippen LogP) is 4.23. The maximum atomic E-state index is 14.1. The lowest BCUT2D eigenvalue weighted by atomic mass is 10.0. The van der Waals surface area contributed by atoms with E-state index in [1.54, 1.807) is 36.3 Å². The third kappa shape index (κ3) is 3.83. The molecule has 1 atom stereocenters. The van der Waals surface area contributed by atoms with Crippen molar-refractivity contribution in [2.75, 3.05) is 34.5 Å². The number of carbonyl (C=O) groups excluding carboxylic acids is 3.